The molecule has 3 aromatic rings. The van der Waals surface area contributed by atoms with Gasteiger partial charge >= 0.3 is 0 Å². The molecule has 1 fully saturated rings. The van der Waals surface area contributed by atoms with E-state index in [0.717, 1.165) is 24.0 Å². The van der Waals surface area contributed by atoms with Crippen molar-refractivity contribution in [2.45, 2.75) is 37.8 Å². The summed E-state index contributed by atoms with van der Waals surface area (Å²) in [6.45, 7) is 2.02. The second-order valence-electron chi connectivity index (χ2n) is 7.26. The first-order valence-electron chi connectivity index (χ1n) is 9.21. The highest BCUT2D eigenvalue weighted by molar-refractivity contribution is 5.84. The van der Waals surface area contributed by atoms with E-state index >= 15 is 0 Å². The smallest absolute Gasteiger partial charge is 0.240 e. The number of hydrogen-bond donors (Lipinski definition) is 1. The van der Waals surface area contributed by atoms with Crippen LogP contribution in [0.4, 0.5) is 0 Å². The zero-order valence-corrected chi connectivity index (χ0v) is 15.5. The predicted molar refractivity (Wildman–Crippen MR) is 104 cm³/mol. The number of nitrogens with zero attached hydrogens (tertiary/aromatic N) is 4. The first-order valence-corrected chi connectivity index (χ1v) is 9.21. The van der Waals surface area contributed by atoms with Crippen LogP contribution in [0, 0.1) is 22.7 Å². The summed E-state index contributed by atoms with van der Waals surface area (Å²) in [6.07, 6.45) is 3.42. The summed E-state index contributed by atoms with van der Waals surface area (Å²) in [4.78, 5) is 16.8. The van der Waals surface area contributed by atoms with Crippen LogP contribution in [0.3, 0.4) is 0 Å². The number of aromatic nitrogens is 2. The monoisotopic (exact) mass is 369 g/mol. The Kier molecular flexibility index (Phi) is 4.33. The number of carbonyl (C=O) groups is 1. The number of rotatable bonds is 5. The second kappa shape index (κ2) is 6.83. The van der Waals surface area contributed by atoms with Crippen LogP contribution >= 0.6 is 0 Å². The van der Waals surface area contributed by atoms with Crippen molar-refractivity contribution in [2.75, 3.05) is 0 Å². The lowest BCUT2D eigenvalue weighted by atomic mass is 9.95. The molecule has 138 valence electrons. The summed E-state index contributed by atoms with van der Waals surface area (Å²) in [7, 11) is 0. The van der Waals surface area contributed by atoms with E-state index in [0.29, 0.717) is 16.6 Å². The van der Waals surface area contributed by atoms with Crippen LogP contribution in [-0.4, -0.2) is 15.5 Å². The summed E-state index contributed by atoms with van der Waals surface area (Å²) in [5, 5.41) is 21.6. The predicted octanol–water partition coefficient (Wildman–Crippen LogP) is 3.34. The van der Waals surface area contributed by atoms with Gasteiger partial charge < -0.3 is 9.88 Å². The molecule has 1 aliphatic carbocycles. The first-order chi connectivity index (χ1) is 13.6. The Labute approximate surface area is 163 Å². The van der Waals surface area contributed by atoms with Crippen molar-refractivity contribution in [3.63, 3.8) is 0 Å². The van der Waals surface area contributed by atoms with Crippen LogP contribution in [0.5, 0.6) is 0 Å². The highest BCUT2D eigenvalue weighted by atomic mass is 16.2. The van der Waals surface area contributed by atoms with Crippen molar-refractivity contribution >= 4 is 16.9 Å². The molecule has 1 aliphatic rings. The third-order valence-corrected chi connectivity index (χ3v) is 5.38. The Morgan fingerprint density at radius 3 is 2.64 bits per heavy atom. The van der Waals surface area contributed by atoms with Gasteiger partial charge in [-0.3, -0.25) is 4.79 Å². The van der Waals surface area contributed by atoms with E-state index in [4.69, 9.17) is 0 Å². The Balaban J connectivity index is 1.46. The van der Waals surface area contributed by atoms with Gasteiger partial charge in [-0.25, -0.2) is 4.98 Å². The second-order valence-corrected chi connectivity index (χ2v) is 7.26. The summed E-state index contributed by atoms with van der Waals surface area (Å²) in [5.74, 6) is -0.153. The highest BCUT2D eigenvalue weighted by Gasteiger charge is 2.44. The first kappa shape index (κ1) is 17.8. The van der Waals surface area contributed by atoms with E-state index in [2.05, 4.69) is 22.4 Å². The van der Waals surface area contributed by atoms with Crippen molar-refractivity contribution in [1.29, 1.82) is 10.5 Å². The molecular weight excluding hydrogens is 350 g/mol. The third-order valence-electron chi connectivity index (χ3n) is 5.38. The molecule has 1 N–H and O–H groups in total. The van der Waals surface area contributed by atoms with Crippen LogP contribution in [0.2, 0.25) is 0 Å². The van der Waals surface area contributed by atoms with Crippen molar-refractivity contribution in [2.24, 2.45) is 0 Å². The van der Waals surface area contributed by atoms with Crippen molar-refractivity contribution in [3.8, 4) is 12.1 Å². The largest absolute Gasteiger partial charge is 0.348 e. The molecule has 0 spiro atoms. The SMILES string of the molecule is C[C@H](NC(=O)Cn1cnc2cccc(C#N)c21)c1ccc(C2(C#N)CC2)cc1. The van der Waals surface area contributed by atoms with Crippen molar-refractivity contribution in [3.05, 3.63) is 65.5 Å². The lowest BCUT2D eigenvalue weighted by Gasteiger charge is -2.16. The molecule has 28 heavy (non-hydrogen) atoms. The summed E-state index contributed by atoms with van der Waals surface area (Å²) in [5.41, 5.74) is 3.60. The summed E-state index contributed by atoms with van der Waals surface area (Å²) >= 11 is 0. The molecule has 1 atom stereocenters. The minimum atomic E-state index is -0.300. The van der Waals surface area contributed by atoms with Gasteiger partial charge in [-0.1, -0.05) is 30.3 Å². The van der Waals surface area contributed by atoms with Gasteiger partial charge in [-0.15, -0.1) is 0 Å². The normalized spacial score (nSPS) is 15.4. The standard InChI is InChI=1S/C22H19N5O/c1-15(16-5-7-18(8-6-16)22(13-24)9-10-22)26-20(28)12-27-14-25-19-4-2-3-17(11-23)21(19)27/h2-8,14-15H,9-10,12H2,1H3,(H,26,28)/t15-/m0/s1. The number of nitriles is 2. The van der Waals surface area contributed by atoms with Crippen LogP contribution in [0.1, 0.15) is 42.5 Å². The van der Waals surface area contributed by atoms with Crippen LogP contribution < -0.4 is 5.32 Å². The minimum absolute atomic E-state index is 0.0924. The maximum atomic E-state index is 12.5. The van der Waals surface area contributed by atoms with Gasteiger partial charge in [0, 0.05) is 0 Å². The topological polar surface area (TPSA) is 94.5 Å². The molecular formula is C22H19N5O. The molecule has 6 nitrogen and oxygen atoms in total. The van der Waals surface area contributed by atoms with E-state index in [-0.39, 0.29) is 23.9 Å². The van der Waals surface area contributed by atoms with Gasteiger partial charge in [-0.05, 0) is 43.0 Å². The number of carbonyl (C=O) groups excluding carboxylic acids is 1. The van der Waals surface area contributed by atoms with Gasteiger partial charge in [0.2, 0.25) is 5.91 Å². The number of para-hydroxylation sites is 1. The lowest BCUT2D eigenvalue weighted by molar-refractivity contribution is -0.122. The average Bonchev–Trinajstić information content (AvgIpc) is 3.42. The maximum Gasteiger partial charge on any atom is 0.240 e. The summed E-state index contributed by atoms with van der Waals surface area (Å²) in [6, 6.07) is 17.6. The van der Waals surface area contributed by atoms with Crippen molar-refractivity contribution in [1.82, 2.24) is 14.9 Å². The lowest BCUT2D eigenvalue weighted by Crippen LogP contribution is -2.30. The fourth-order valence-corrected chi connectivity index (χ4v) is 3.54. The minimum Gasteiger partial charge on any atom is -0.348 e. The van der Waals surface area contributed by atoms with Gasteiger partial charge in [0.1, 0.15) is 12.6 Å². The molecule has 1 saturated carbocycles. The molecule has 1 aromatic heterocycles. The molecule has 2 aromatic carbocycles. The van der Waals surface area contributed by atoms with Crippen LogP contribution in [-0.2, 0) is 16.8 Å². The number of imidazole rings is 1. The van der Waals surface area contributed by atoms with Crippen LogP contribution in [0.25, 0.3) is 11.0 Å². The van der Waals surface area contributed by atoms with Crippen LogP contribution in [0.15, 0.2) is 48.8 Å². The van der Waals surface area contributed by atoms with E-state index in [1.807, 2.05) is 37.3 Å². The molecule has 1 amide bonds. The Bertz CT molecular complexity index is 1130. The number of nitrogens with one attached hydrogen (secondary N) is 1. The summed E-state index contributed by atoms with van der Waals surface area (Å²) < 4.78 is 1.70. The molecule has 6 heteroatoms. The van der Waals surface area contributed by atoms with Gasteiger partial charge in [-0.2, -0.15) is 10.5 Å². The van der Waals surface area contributed by atoms with E-state index in [9.17, 15) is 15.3 Å². The maximum absolute atomic E-state index is 12.5. The molecule has 4 rings (SSSR count). The highest BCUT2D eigenvalue weighted by Crippen LogP contribution is 2.47. The Morgan fingerprint density at radius 1 is 1.25 bits per heavy atom. The zero-order chi connectivity index (χ0) is 19.7. The fourth-order valence-electron chi connectivity index (χ4n) is 3.54. The van der Waals surface area contributed by atoms with Gasteiger partial charge in [0.15, 0.2) is 0 Å². The number of fused-ring (bicyclic) bond motifs is 1. The van der Waals surface area contributed by atoms with E-state index in [1.165, 1.54) is 0 Å². The van der Waals surface area contributed by atoms with Gasteiger partial charge in [0.25, 0.3) is 0 Å². The number of amides is 1. The average molecular weight is 369 g/mol. The Morgan fingerprint density at radius 2 is 2.00 bits per heavy atom. The third kappa shape index (κ3) is 3.10. The number of hydrogen-bond acceptors (Lipinski definition) is 4. The fraction of sp³-hybridized carbons (Fsp3) is 0.273. The molecule has 0 bridgehead atoms. The molecule has 0 radical (unpaired) electrons. The quantitative estimate of drug-likeness (QED) is 0.746. The molecule has 0 saturated heterocycles. The zero-order valence-electron chi connectivity index (χ0n) is 15.5. The Hall–Kier alpha value is -3.64. The van der Waals surface area contributed by atoms with Crippen molar-refractivity contribution < 1.29 is 4.79 Å². The molecule has 0 unspecified atom stereocenters. The van der Waals surface area contributed by atoms with E-state index in [1.54, 1.807) is 23.0 Å². The van der Waals surface area contributed by atoms with E-state index < -0.39 is 0 Å². The molecule has 1 heterocycles. The molecule has 0 aliphatic heterocycles. The number of benzene rings is 2. The van der Waals surface area contributed by atoms with Gasteiger partial charge in [0.05, 0.1) is 40.5 Å².